The summed E-state index contributed by atoms with van der Waals surface area (Å²) < 4.78 is 22.2. The lowest BCUT2D eigenvalue weighted by Crippen LogP contribution is -2.13. The van der Waals surface area contributed by atoms with Gasteiger partial charge in [-0.05, 0) is 36.7 Å². The molecule has 0 aliphatic heterocycles. The summed E-state index contributed by atoms with van der Waals surface area (Å²) in [5, 5.41) is 3.90. The average Bonchev–Trinajstić information content (AvgIpc) is 2.74. The Kier molecular flexibility index (Phi) is 3.35. The molecule has 90 valence electrons. The molecule has 1 aromatic carbocycles. The maximum atomic E-state index is 13.2. The van der Waals surface area contributed by atoms with E-state index in [0.29, 0.717) is 11.3 Å². The van der Waals surface area contributed by atoms with Crippen LogP contribution in [0, 0.1) is 12.7 Å². The number of ether oxygens (including phenoxy) is 1. The minimum atomic E-state index is -0.472. The molecule has 0 radical (unpaired) electrons. The van der Waals surface area contributed by atoms with Gasteiger partial charge in [0.2, 0.25) is 0 Å². The summed E-state index contributed by atoms with van der Waals surface area (Å²) in [6.07, 6.45) is 0. The van der Waals surface area contributed by atoms with Crippen LogP contribution < -0.4 is 10.5 Å². The predicted molar refractivity (Wildman–Crippen MR) is 63.6 cm³/mol. The van der Waals surface area contributed by atoms with Gasteiger partial charge in [0, 0.05) is 5.56 Å². The van der Waals surface area contributed by atoms with Crippen molar-refractivity contribution in [2.45, 2.75) is 13.0 Å². The molecule has 2 N–H and O–H groups in total. The quantitative estimate of drug-likeness (QED) is 0.909. The molecule has 6 heteroatoms. The maximum absolute atomic E-state index is 13.2. The fraction of sp³-hybridized carbons (Fsp3) is 0.273. The Hall–Kier alpha value is -1.53. The van der Waals surface area contributed by atoms with Crippen LogP contribution >= 0.6 is 11.5 Å². The molecule has 0 saturated heterocycles. The fourth-order valence-electron chi connectivity index (χ4n) is 1.61. The van der Waals surface area contributed by atoms with E-state index in [1.165, 1.54) is 30.8 Å². The first-order valence-electron chi connectivity index (χ1n) is 5.01. The van der Waals surface area contributed by atoms with Crippen LogP contribution in [0.3, 0.4) is 0 Å². The Labute approximate surface area is 102 Å². The highest BCUT2D eigenvalue weighted by Gasteiger charge is 2.19. The van der Waals surface area contributed by atoms with Gasteiger partial charge in [0.15, 0.2) is 0 Å². The number of nitrogens with zero attached hydrogens (tertiary/aromatic N) is 2. The zero-order chi connectivity index (χ0) is 12.4. The van der Waals surface area contributed by atoms with Crippen LogP contribution in [-0.2, 0) is 0 Å². The average molecular weight is 253 g/mol. The molecule has 1 unspecified atom stereocenters. The molecule has 0 bridgehead atoms. The van der Waals surface area contributed by atoms with Crippen LogP contribution in [0.1, 0.15) is 22.2 Å². The van der Waals surface area contributed by atoms with E-state index in [4.69, 9.17) is 10.5 Å². The highest BCUT2D eigenvalue weighted by molar-refractivity contribution is 7.05. The number of hydrogen-bond acceptors (Lipinski definition) is 5. The number of halogens is 1. The van der Waals surface area contributed by atoms with E-state index in [9.17, 15) is 4.39 Å². The van der Waals surface area contributed by atoms with Crippen LogP contribution in [0.15, 0.2) is 18.2 Å². The second-order valence-corrected chi connectivity index (χ2v) is 4.37. The highest BCUT2D eigenvalue weighted by atomic mass is 32.1. The van der Waals surface area contributed by atoms with Gasteiger partial charge in [-0.25, -0.2) is 4.39 Å². The second kappa shape index (κ2) is 4.77. The van der Waals surface area contributed by atoms with Crippen molar-refractivity contribution in [1.29, 1.82) is 0 Å². The van der Waals surface area contributed by atoms with Crippen molar-refractivity contribution in [3.8, 4) is 5.75 Å². The molecule has 0 saturated carbocycles. The highest BCUT2D eigenvalue weighted by Crippen LogP contribution is 2.31. The Morgan fingerprint density at radius 1 is 1.47 bits per heavy atom. The number of aromatic nitrogens is 2. The Morgan fingerprint density at radius 2 is 2.24 bits per heavy atom. The molecular formula is C11H12FN3OS. The lowest BCUT2D eigenvalue weighted by Gasteiger charge is -2.14. The fourth-order valence-corrected chi connectivity index (χ4v) is 2.28. The molecule has 17 heavy (non-hydrogen) atoms. The van der Waals surface area contributed by atoms with Gasteiger partial charge in [0.25, 0.3) is 0 Å². The van der Waals surface area contributed by atoms with E-state index in [1.807, 2.05) is 6.92 Å². The number of nitrogens with two attached hydrogens (primary N) is 1. The lowest BCUT2D eigenvalue weighted by molar-refractivity contribution is 0.406. The summed E-state index contributed by atoms with van der Waals surface area (Å²) in [4.78, 5) is 0.814. The van der Waals surface area contributed by atoms with Gasteiger partial charge in [-0.2, -0.15) is 0 Å². The van der Waals surface area contributed by atoms with E-state index in [2.05, 4.69) is 9.59 Å². The van der Waals surface area contributed by atoms with Gasteiger partial charge in [-0.3, -0.25) is 0 Å². The summed E-state index contributed by atoms with van der Waals surface area (Å²) in [6.45, 7) is 1.82. The first kappa shape index (κ1) is 11.9. The van der Waals surface area contributed by atoms with Crippen LogP contribution in [0.25, 0.3) is 0 Å². The van der Waals surface area contributed by atoms with Gasteiger partial charge < -0.3 is 10.5 Å². The zero-order valence-electron chi connectivity index (χ0n) is 9.48. The lowest BCUT2D eigenvalue weighted by atomic mass is 10.0. The van der Waals surface area contributed by atoms with Gasteiger partial charge in [-0.15, -0.1) is 5.10 Å². The number of hydrogen-bond donors (Lipinski definition) is 1. The monoisotopic (exact) mass is 253 g/mol. The summed E-state index contributed by atoms with van der Waals surface area (Å²) in [5.74, 6) is 0.220. The number of rotatable bonds is 3. The van der Waals surface area contributed by atoms with E-state index in [1.54, 1.807) is 6.07 Å². The third-order valence-electron chi connectivity index (χ3n) is 2.50. The van der Waals surface area contributed by atoms with Gasteiger partial charge >= 0.3 is 0 Å². The minimum Gasteiger partial charge on any atom is -0.496 e. The van der Waals surface area contributed by atoms with Crippen molar-refractivity contribution < 1.29 is 9.13 Å². The second-order valence-electron chi connectivity index (χ2n) is 3.59. The molecule has 4 nitrogen and oxygen atoms in total. The van der Waals surface area contributed by atoms with Gasteiger partial charge in [0.1, 0.15) is 11.6 Å². The number of aryl methyl sites for hydroxylation is 1. The largest absolute Gasteiger partial charge is 0.496 e. The summed E-state index contributed by atoms with van der Waals surface area (Å²) in [6, 6.07) is 3.81. The van der Waals surface area contributed by atoms with Crippen LogP contribution in [0.5, 0.6) is 5.75 Å². The van der Waals surface area contributed by atoms with Crippen molar-refractivity contribution in [2.75, 3.05) is 7.11 Å². The standard InChI is InChI=1S/C11H12FN3OS/c1-6-11(17-15-14-6)10(13)8-5-7(12)3-4-9(8)16-2/h3-5,10H,13H2,1-2H3. The zero-order valence-corrected chi connectivity index (χ0v) is 10.3. The molecular weight excluding hydrogens is 241 g/mol. The van der Waals surface area contributed by atoms with Crippen molar-refractivity contribution in [3.63, 3.8) is 0 Å². The van der Waals surface area contributed by atoms with Crippen LogP contribution in [-0.4, -0.2) is 16.7 Å². The first-order valence-corrected chi connectivity index (χ1v) is 5.78. The first-order chi connectivity index (χ1) is 8.13. The van der Waals surface area contributed by atoms with Crippen LogP contribution in [0.4, 0.5) is 4.39 Å². The normalized spacial score (nSPS) is 12.5. The molecule has 0 fully saturated rings. The number of benzene rings is 1. The van der Waals surface area contributed by atoms with E-state index >= 15 is 0 Å². The van der Waals surface area contributed by atoms with Crippen molar-refractivity contribution in [3.05, 3.63) is 40.2 Å². The maximum Gasteiger partial charge on any atom is 0.124 e. The van der Waals surface area contributed by atoms with Crippen molar-refractivity contribution in [1.82, 2.24) is 9.59 Å². The van der Waals surface area contributed by atoms with E-state index in [0.717, 1.165) is 10.6 Å². The minimum absolute atomic E-state index is 0.341. The molecule has 1 aromatic heterocycles. The van der Waals surface area contributed by atoms with Crippen LogP contribution in [0.2, 0.25) is 0 Å². The molecule has 0 amide bonds. The summed E-state index contributed by atoms with van der Waals surface area (Å²) in [7, 11) is 1.53. The number of methoxy groups -OCH3 is 1. The van der Waals surface area contributed by atoms with E-state index in [-0.39, 0.29) is 5.82 Å². The molecule has 2 aromatic rings. The van der Waals surface area contributed by atoms with Crippen molar-refractivity contribution >= 4 is 11.5 Å². The molecule has 1 heterocycles. The molecule has 0 spiro atoms. The molecule has 0 aliphatic rings. The third-order valence-corrected chi connectivity index (χ3v) is 3.41. The molecule has 0 aliphatic carbocycles. The summed E-state index contributed by atoms with van der Waals surface area (Å²) >= 11 is 1.21. The SMILES string of the molecule is COc1ccc(F)cc1C(N)c1snnc1C. The topological polar surface area (TPSA) is 61.0 Å². The Balaban J connectivity index is 2.46. The van der Waals surface area contributed by atoms with E-state index < -0.39 is 6.04 Å². The van der Waals surface area contributed by atoms with Gasteiger partial charge in [0.05, 0.1) is 23.7 Å². The van der Waals surface area contributed by atoms with Crippen molar-refractivity contribution in [2.24, 2.45) is 5.73 Å². The molecule has 2 rings (SSSR count). The Morgan fingerprint density at radius 3 is 2.82 bits per heavy atom. The van der Waals surface area contributed by atoms with Gasteiger partial charge in [-0.1, -0.05) is 4.49 Å². The Bertz CT molecular complexity index is 529. The smallest absolute Gasteiger partial charge is 0.124 e. The third kappa shape index (κ3) is 2.27. The predicted octanol–water partition coefficient (Wildman–Crippen LogP) is 2.04. The summed E-state index contributed by atoms with van der Waals surface area (Å²) in [5.41, 5.74) is 7.45. The molecule has 1 atom stereocenters.